The molecule has 7 heteroatoms. The molecule has 0 bridgehead atoms. The van der Waals surface area contributed by atoms with Gasteiger partial charge in [-0.2, -0.15) is 26.2 Å². The molecule has 0 aromatic heterocycles. The molecule has 0 amide bonds. The second-order valence-corrected chi connectivity index (χ2v) is 4.59. The van der Waals surface area contributed by atoms with Gasteiger partial charge < -0.3 is 30.9 Å². The van der Waals surface area contributed by atoms with Gasteiger partial charge in [0.15, 0.2) is 0 Å². The summed E-state index contributed by atoms with van der Waals surface area (Å²) in [5.41, 5.74) is 0. The number of hydrogen-bond donors (Lipinski definition) is 0. The Bertz CT molecular complexity index is 184. The molecule has 150 valence electrons. The van der Waals surface area contributed by atoms with Gasteiger partial charge in [-0.25, -0.2) is 12.3 Å². The predicted molar refractivity (Wildman–Crippen MR) is 106 cm³/mol. The van der Waals surface area contributed by atoms with E-state index in [2.05, 4.69) is 76.4 Å². The van der Waals surface area contributed by atoms with Crippen molar-refractivity contribution in [3.05, 3.63) is 21.3 Å². The maximum atomic E-state index is 7.75. The molecule has 0 spiro atoms. The van der Waals surface area contributed by atoms with E-state index in [-0.39, 0.29) is 31.8 Å². The zero-order valence-electron chi connectivity index (χ0n) is 16.9. The molecule has 2 unspecified atom stereocenters. The van der Waals surface area contributed by atoms with Crippen molar-refractivity contribution in [2.24, 2.45) is 0 Å². The van der Waals surface area contributed by atoms with E-state index in [0.29, 0.717) is 0 Å². The smallest absolute Gasteiger partial charge is 0.678 e. The molecule has 0 rings (SSSR count). The minimum atomic E-state index is 0. The molecule has 0 aromatic rings. The van der Waals surface area contributed by atoms with E-state index in [4.69, 9.17) is 9.59 Å². The minimum Gasteiger partial charge on any atom is -0.678 e. The third-order valence-electron chi connectivity index (χ3n) is 2.64. The Labute approximate surface area is 169 Å². The summed E-state index contributed by atoms with van der Waals surface area (Å²) in [5.74, 6) is 0. The number of hydrogen-bond acceptors (Lipinski definition) is 2. The normalized spacial score (nSPS) is 11.1. The molecular weight excluding hydrogens is 405 g/mol. The largest absolute Gasteiger partial charge is 6.00 e. The van der Waals surface area contributed by atoms with Crippen LogP contribution in [0.5, 0.6) is 0 Å². The van der Waals surface area contributed by atoms with E-state index in [9.17, 15) is 0 Å². The van der Waals surface area contributed by atoms with E-state index in [1.54, 1.807) is 0 Å². The Morgan fingerprint density at radius 3 is 1.04 bits per heavy atom. The Morgan fingerprint density at radius 1 is 0.600 bits per heavy atom. The number of rotatable bonds is 12. The fraction of sp³-hybridized carbons (Fsp3) is 0.889. The van der Waals surface area contributed by atoms with Crippen molar-refractivity contribution < 1.29 is 29.1 Å². The van der Waals surface area contributed by atoms with Gasteiger partial charge >= 0.3 is 19.5 Å². The summed E-state index contributed by atoms with van der Waals surface area (Å²) in [5, 5.41) is 17.4. The first kappa shape index (κ1) is 35.8. The zero-order valence-corrected chi connectivity index (χ0v) is 18.7. The minimum absolute atomic E-state index is 0. The molecule has 0 saturated carbocycles. The van der Waals surface area contributed by atoms with Crippen LogP contribution in [0.25, 0.3) is 21.3 Å². The first-order chi connectivity index (χ1) is 11.7. The van der Waals surface area contributed by atoms with Crippen LogP contribution in [0.3, 0.4) is 0 Å². The van der Waals surface area contributed by atoms with Crippen LogP contribution in [0.15, 0.2) is 0 Å². The maximum absolute atomic E-state index is 7.75. The maximum Gasteiger partial charge on any atom is 6.00 e. The summed E-state index contributed by atoms with van der Waals surface area (Å²) < 4.78 is 0. The molecule has 0 aliphatic heterocycles. The topological polar surface area (TPSA) is 90.5 Å². The second kappa shape index (κ2) is 39.1. The van der Waals surface area contributed by atoms with Gasteiger partial charge in [-0.05, 0) is 0 Å². The zero-order chi connectivity index (χ0) is 19.6. The SMILES string of the molecule is CCC[N-]C(CC)[N-]CC.CCC[N-]C(CC)[N-]CC.[CH-]=O.[CH-]=O.[Ru+6]. The van der Waals surface area contributed by atoms with Crippen molar-refractivity contribution in [3.63, 3.8) is 0 Å². The molecule has 0 aromatic carbocycles. The quantitative estimate of drug-likeness (QED) is 0.234. The molecular formula is C18H38N4O2Ru. The summed E-state index contributed by atoms with van der Waals surface area (Å²) in [6, 6.07) is 0. The second-order valence-electron chi connectivity index (χ2n) is 4.59. The van der Waals surface area contributed by atoms with Crippen molar-refractivity contribution >= 4 is 13.6 Å². The predicted octanol–water partition coefficient (Wildman–Crippen LogP) is 5.25. The van der Waals surface area contributed by atoms with Crippen molar-refractivity contribution in [1.29, 1.82) is 0 Å². The molecule has 6 nitrogen and oxygen atoms in total. The van der Waals surface area contributed by atoms with Crippen molar-refractivity contribution in [1.82, 2.24) is 0 Å². The first-order valence-electron chi connectivity index (χ1n) is 8.83. The molecule has 0 fully saturated rings. The Hall–Kier alpha value is -0.197. The monoisotopic (exact) mass is 444 g/mol. The van der Waals surface area contributed by atoms with Crippen LogP contribution < -0.4 is 0 Å². The summed E-state index contributed by atoms with van der Waals surface area (Å²) in [6.07, 6.45) is 4.91. The summed E-state index contributed by atoms with van der Waals surface area (Å²) in [7, 11) is 0. The Morgan fingerprint density at radius 2 is 0.880 bits per heavy atom. The van der Waals surface area contributed by atoms with Crippen LogP contribution in [0.4, 0.5) is 0 Å². The van der Waals surface area contributed by atoms with E-state index in [0.717, 1.165) is 51.9 Å². The van der Waals surface area contributed by atoms with Crippen LogP contribution in [0, 0.1) is 0 Å². The van der Waals surface area contributed by atoms with Crippen molar-refractivity contribution in [2.45, 2.75) is 79.6 Å². The van der Waals surface area contributed by atoms with Gasteiger partial charge in [0.2, 0.25) is 0 Å². The number of carbonyl (C=O) groups excluding carboxylic acids is 2. The van der Waals surface area contributed by atoms with Crippen LogP contribution in [-0.2, 0) is 29.1 Å². The van der Waals surface area contributed by atoms with Gasteiger partial charge in [-0.3, -0.25) is 13.6 Å². The van der Waals surface area contributed by atoms with Crippen LogP contribution in [-0.4, -0.2) is 52.1 Å². The van der Waals surface area contributed by atoms with E-state index >= 15 is 0 Å². The van der Waals surface area contributed by atoms with Crippen molar-refractivity contribution in [3.8, 4) is 0 Å². The van der Waals surface area contributed by atoms with Gasteiger partial charge in [-0.15, -0.1) is 0 Å². The average Bonchev–Trinajstić information content (AvgIpc) is 2.66. The average molecular weight is 444 g/mol. The van der Waals surface area contributed by atoms with Crippen LogP contribution in [0.2, 0.25) is 0 Å². The molecule has 25 heavy (non-hydrogen) atoms. The van der Waals surface area contributed by atoms with Gasteiger partial charge in [0.05, 0.1) is 0 Å². The third kappa shape index (κ3) is 35.7. The summed E-state index contributed by atoms with van der Waals surface area (Å²) in [6.45, 7) is 22.9. The van der Waals surface area contributed by atoms with E-state index < -0.39 is 0 Å². The molecule has 2 atom stereocenters. The van der Waals surface area contributed by atoms with Gasteiger partial charge in [0, 0.05) is 0 Å². The fourth-order valence-corrected chi connectivity index (χ4v) is 1.61. The summed E-state index contributed by atoms with van der Waals surface area (Å²) in [4.78, 5) is 15.5. The van der Waals surface area contributed by atoms with E-state index in [1.807, 2.05) is 0 Å². The molecule has 0 saturated heterocycles. The molecule has 0 radical (unpaired) electrons. The number of nitrogens with zero attached hydrogens (tertiary/aromatic N) is 4. The van der Waals surface area contributed by atoms with Crippen LogP contribution >= 0.6 is 0 Å². The Balaban J connectivity index is -0.0000000858. The molecule has 0 aliphatic rings. The van der Waals surface area contributed by atoms with Gasteiger partial charge in [-0.1, -0.05) is 67.2 Å². The van der Waals surface area contributed by atoms with E-state index in [1.165, 1.54) is 0 Å². The molecule has 0 aliphatic carbocycles. The molecule has 0 heterocycles. The van der Waals surface area contributed by atoms with Crippen LogP contribution in [0.1, 0.15) is 67.2 Å². The molecule has 0 N–H and O–H groups in total. The Kier molecular flexibility index (Phi) is 56.0. The standard InChI is InChI=1S/2C8H18N2.2CHO.Ru/c2*1-4-7-10-8(5-2)9-6-3;2*1-2;/h2*8H,4-7H2,1-3H3;2*1H;/q2*-2;2*-1;+6. The third-order valence-corrected chi connectivity index (χ3v) is 2.64. The fourth-order valence-electron chi connectivity index (χ4n) is 1.61. The van der Waals surface area contributed by atoms with Gasteiger partial charge in [0.1, 0.15) is 0 Å². The van der Waals surface area contributed by atoms with Crippen molar-refractivity contribution in [2.75, 3.05) is 26.2 Å². The summed E-state index contributed by atoms with van der Waals surface area (Å²) >= 11 is 0. The first-order valence-corrected chi connectivity index (χ1v) is 8.83. The van der Waals surface area contributed by atoms with Gasteiger partial charge in [0.25, 0.3) is 0 Å².